The summed E-state index contributed by atoms with van der Waals surface area (Å²) in [5, 5.41) is 2.56. The number of fused-ring (bicyclic) bond motifs is 1. The van der Waals surface area contributed by atoms with Crippen LogP contribution in [0.5, 0.6) is 34.5 Å². The van der Waals surface area contributed by atoms with E-state index >= 15 is 0 Å². The number of esters is 1. The van der Waals surface area contributed by atoms with Crippen LogP contribution in [0.4, 0.5) is 4.79 Å². The minimum absolute atomic E-state index is 0.0717. The highest BCUT2D eigenvalue weighted by molar-refractivity contribution is 5.72. The molecule has 0 aliphatic carbocycles. The number of carbonyl (C=O) groups is 2. The number of nitrogens with one attached hydrogen (secondary N) is 1. The Morgan fingerprint density at radius 1 is 0.972 bits per heavy atom. The van der Waals surface area contributed by atoms with Crippen LogP contribution in [0.2, 0.25) is 0 Å². The molecule has 3 rings (SSSR count). The van der Waals surface area contributed by atoms with E-state index in [0.29, 0.717) is 53.9 Å². The predicted molar refractivity (Wildman–Crippen MR) is 131 cm³/mol. The molecule has 0 saturated carbocycles. The second-order valence-corrected chi connectivity index (χ2v) is 8.08. The first-order chi connectivity index (χ1) is 17.4. The van der Waals surface area contributed by atoms with Crippen molar-refractivity contribution < 1.29 is 42.7 Å². The Labute approximate surface area is 210 Å². The topological polar surface area (TPSA) is 111 Å². The number of amides is 1. The number of hydrogen-bond acceptors (Lipinski definition) is 9. The van der Waals surface area contributed by atoms with Gasteiger partial charge in [0.1, 0.15) is 12.4 Å². The van der Waals surface area contributed by atoms with Crippen molar-refractivity contribution in [1.82, 2.24) is 5.32 Å². The highest BCUT2D eigenvalue weighted by atomic mass is 16.6. The third-order valence-corrected chi connectivity index (χ3v) is 5.74. The van der Waals surface area contributed by atoms with E-state index < -0.39 is 6.09 Å². The van der Waals surface area contributed by atoms with Gasteiger partial charge < -0.3 is 38.5 Å². The van der Waals surface area contributed by atoms with Crippen LogP contribution in [0, 0.1) is 5.92 Å². The van der Waals surface area contributed by atoms with Gasteiger partial charge in [0.2, 0.25) is 5.75 Å². The van der Waals surface area contributed by atoms with Gasteiger partial charge >= 0.3 is 12.1 Å². The predicted octanol–water partition coefficient (Wildman–Crippen LogP) is 3.56. The van der Waals surface area contributed by atoms with Crippen LogP contribution in [0.15, 0.2) is 24.3 Å². The summed E-state index contributed by atoms with van der Waals surface area (Å²) in [6.07, 6.45) is 0.989. The molecule has 1 unspecified atom stereocenters. The van der Waals surface area contributed by atoms with Gasteiger partial charge in [0.25, 0.3) is 0 Å². The van der Waals surface area contributed by atoms with Gasteiger partial charge in [0.15, 0.2) is 23.0 Å². The van der Waals surface area contributed by atoms with Crippen LogP contribution in [0.3, 0.4) is 0 Å². The van der Waals surface area contributed by atoms with E-state index in [4.69, 9.17) is 33.2 Å². The first kappa shape index (κ1) is 26.8. The number of carbonyl (C=O) groups excluding carboxylic acids is 2. The summed E-state index contributed by atoms with van der Waals surface area (Å²) in [6, 6.07) is 7.27. The summed E-state index contributed by atoms with van der Waals surface area (Å²) in [6.45, 7) is 2.42. The zero-order chi connectivity index (χ0) is 26.1. The van der Waals surface area contributed by atoms with E-state index in [2.05, 4.69) is 5.32 Å². The number of ether oxygens (including phenoxy) is 7. The molecule has 36 heavy (non-hydrogen) atoms. The number of rotatable bonds is 11. The molecule has 0 bridgehead atoms. The third kappa shape index (κ3) is 6.44. The summed E-state index contributed by atoms with van der Waals surface area (Å²) >= 11 is 0. The fourth-order valence-electron chi connectivity index (χ4n) is 4.02. The molecule has 196 valence electrons. The normalized spacial score (nSPS) is 14.1. The first-order valence-electron chi connectivity index (χ1n) is 11.7. The minimum Gasteiger partial charge on any atom is -0.493 e. The van der Waals surface area contributed by atoms with Gasteiger partial charge in [-0.05, 0) is 30.5 Å². The van der Waals surface area contributed by atoms with E-state index in [1.165, 1.54) is 7.11 Å². The lowest BCUT2D eigenvalue weighted by atomic mass is 9.90. The van der Waals surface area contributed by atoms with Gasteiger partial charge in [-0.15, -0.1) is 0 Å². The number of methoxy groups -OCH3 is 4. The Hall–Kier alpha value is -3.82. The maximum Gasteiger partial charge on any atom is 0.412 e. The zero-order valence-electron chi connectivity index (χ0n) is 21.3. The second kappa shape index (κ2) is 12.8. The van der Waals surface area contributed by atoms with Crippen molar-refractivity contribution in [3.63, 3.8) is 0 Å². The molecule has 1 amide bonds. The van der Waals surface area contributed by atoms with Crippen LogP contribution in [-0.4, -0.2) is 60.3 Å². The molecular formula is C26H33NO9. The van der Waals surface area contributed by atoms with E-state index in [1.54, 1.807) is 40.4 Å². The molecule has 0 saturated heterocycles. The smallest absolute Gasteiger partial charge is 0.412 e. The molecule has 1 atom stereocenters. The molecule has 0 fully saturated rings. The van der Waals surface area contributed by atoms with Gasteiger partial charge in [-0.2, -0.15) is 0 Å². The van der Waals surface area contributed by atoms with Gasteiger partial charge in [0, 0.05) is 24.0 Å². The fourth-order valence-corrected chi connectivity index (χ4v) is 4.02. The molecule has 1 N–H and O–H groups in total. The summed E-state index contributed by atoms with van der Waals surface area (Å²) < 4.78 is 38.3. The molecule has 1 aliphatic heterocycles. The lowest BCUT2D eigenvalue weighted by Gasteiger charge is -2.28. The van der Waals surface area contributed by atoms with Crippen molar-refractivity contribution in [1.29, 1.82) is 0 Å². The Balaban J connectivity index is 1.69. The molecule has 2 aromatic carbocycles. The fraction of sp³-hybridized carbons (Fsp3) is 0.462. The van der Waals surface area contributed by atoms with Crippen molar-refractivity contribution >= 4 is 12.1 Å². The van der Waals surface area contributed by atoms with E-state index in [0.717, 1.165) is 11.1 Å². The zero-order valence-corrected chi connectivity index (χ0v) is 21.3. The summed E-state index contributed by atoms with van der Waals surface area (Å²) in [5.41, 5.74) is 1.87. The van der Waals surface area contributed by atoms with Gasteiger partial charge in [0.05, 0.1) is 41.6 Å². The Bertz CT molecular complexity index is 1070. The summed E-state index contributed by atoms with van der Waals surface area (Å²) in [4.78, 5) is 23.4. The Morgan fingerprint density at radius 3 is 2.39 bits per heavy atom. The summed E-state index contributed by atoms with van der Waals surface area (Å²) in [7, 11) is 6.23. The largest absolute Gasteiger partial charge is 0.493 e. The lowest BCUT2D eigenvalue weighted by Crippen LogP contribution is -2.30. The molecule has 10 heteroatoms. The van der Waals surface area contributed by atoms with E-state index in [-0.39, 0.29) is 31.5 Å². The van der Waals surface area contributed by atoms with Gasteiger partial charge in [-0.25, -0.2) is 4.79 Å². The molecule has 0 spiro atoms. The highest BCUT2D eigenvalue weighted by Crippen LogP contribution is 2.47. The van der Waals surface area contributed by atoms with E-state index in [9.17, 15) is 9.59 Å². The average Bonchev–Trinajstić information content (AvgIpc) is 2.89. The standard InChI is InChI=1S/C26H33NO9/c1-6-23(28)34-10-9-27-26(29)36-21-13-16(7-8-19(21)30-2)11-17-12-18-20(35-15-17)14-22(31-3)25(33-5)24(18)32-4/h7-8,13-14,17H,6,9-12,15H2,1-5H3,(H,27,29). The molecule has 10 nitrogen and oxygen atoms in total. The van der Waals surface area contributed by atoms with Crippen molar-refractivity contribution in [2.24, 2.45) is 5.92 Å². The third-order valence-electron chi connectivity index (χ3n) is 5.74. The summed E-state index contributed by atoms with van der Waals surface area (Å²) in [5.74, 6) is 2.91. The quantitative estimate of drug-likeness (QED) is 0.363. The van der Waals surface area contributed by atoms with Gasteiger partial charge in [-0.1, -0.05) is 13.0 Å². The molecule has 0 aromatic heterocycles. The van der Waals surface area contributed by atoms with E-state index in [1.807, 2.05) is 12.1 Å². The van der Waals surface area contributed by atoms with Crippen LogP contribution >= 0.6 is 0 Å². The van der Waals surface area contributed by atoms with Crippen LogP contribution < -0.4 is 33.7 Å². The average molecular weight is 504 g/mol. The Kier molecular flexibility index (Phi) is 9.49. The second-order valence-electron chi connectivity index (χ2n) is 8.08. The van der Waals surface area contributed by atoms with Crippen LogP contribution in [0.25, 0.3) is 0 Å². The molecule has 2 aromatic rings. The Morgan fingerprint density at radius 2 is 1.72 bits per heavy atom. The highest BCUT2D eigenvalue weighted by Gasteiger charge is 2.28. The molecule has 0 radical (unpaired) electrons. The van der Waals surface area contributed by atoms with Crippen molar-refractivity contribution in [2.75, 3.05) is 48.2 Å². The van der Waals surface area contributed by atoms with Crippen molar-refractivity contribution in [3.05, 3.63) is 35.4 Å². The first-order valence-corrected chi connectivity index (χ1v) is 11.7. The lowest BCUT2D eigenvalue weighted by molar-refractivity contribution is -0.143. The van der Waals surface area contributed by atoms with Crippen molar-refractivity contribution in [2.45, 2.75) is 26.2 Å². The number of benzene rings is 2. The molecule has 1 heterocycles. The van der Waals surface area contributed by atoms with Gasteiger partial charge in [-0.3, -0.25) is 4.79 Å². The SMILES string of the molecule is CCC(=O)OCCNC(=O)Oc1cc(CC2COc3cc(OC)c(OC)c(OC)c3C2)ccc1OC. The van der Waals surface area contributed by atoms with Crippen molar-refractivity contribution in [3.8, 4) is 34.5 Å². The maximum atomic E-state index is 12.2. The maximum absolute atomic E-state index is 12.2. The van der Waals surface area contributed by atoms with Crippen LogP contribution in [0.1, 0.15) is 24.5 Å². The monoisotopic (exact) mass is 503 g/mol. The molecule has 1 aliphatic rings. The molecular weight excluding hydrogens is 470 g/mol. The number of hydrogen-bond donors (Lipinski definition) is 1. The minimum atomic E-state index is -0.668. The van der Waals surface area contributed by atoms with Crippen LogP contribution in [-0.2, 0) is 22.4 Å².